The van der Waals surface area contributed by atoms with Gasteiger partial charge in [-0.2, -0.15) is 0 Å². The third-order valence-electron chi connectivity index (χ3n) is 2.89. The molecule has 20 heavy (non-hydrogen) atoms. The molecule has 108 valence electrons. The average molecular weight is 272 g/mol. The number of hydrogen-bond acceptors (Lipinski definition) is 3. The molecule has 0 radical (unpaired) electrons. The van der Waals surface area contributed by atoms with E-state index in [0.717, 1.165) is 36.5 Å². The summed E-state index contributed by atoms with van der Waals surface area (Å²) in [4.78, 5) is 4.67. The van der Waals surface area contributed by atoms with E-state index in [2.05, 4.69) is 35.4 Å². The van der Waals surface area contributed by atoms with Crippen LogP contribution in [0.25, 0.3) is 10.8 Å². The van der Waals surface area contributed by atoms with Crippen LogP contribution in [-0.4, -0.2) is 17.1 Å². The predicted molar refractivity (Wildman–Crippen MR) is 84.1 cm³/mol. The molecule has 1 heterocycles. The maximum Gasteiger partial charge on any atom is 0.222 e. The molecule has 0 aliphatic carbocycles. The second-order valence-electron chi connectivity index (χ2n) is 6.03. The third-order valence-corrected chi connectivity index (χ3v) is 2.89. The van der Waals surface area contributed by atoms with Gasteiger partial charge >= 0.3 is 0 Å². The highest BCUT2D eigenvalue weighted by atomic mass is 16.5. The Balaban J connectivity index is 2.36. The highest BCUT2D eigenvalue weighted by molar-refractivity contribution is 5.87. The number of fused-ring (bicyclic) bond motifs is 1. The van der Waals surface area contributed by atoms with Gasteiger partial charge in [0.1, 0.15) is 5.60 Å². The number of benzene rings is 1. The van der Waals surface area contributed by atoms with E-state index in [0.29, 0.717) is 0 Å². The molecule has 0 spiro atoms. The highest BCUT2D eigenvalue weighted by Crippen LogP contribution is 2.27. The van der Waals surface area contributed by atoms with Crippen molar-refractivity contribution in [3.8, 4) is 5.88 Å². The monoisotopic (exact) mass is 272 g/mol. The van der Waals surface area contributed by atoms with Gasteiger partial charge < -0.3 is 10.1 Å². The van der Waals surface area contributed by atoms with E-state index >= 15 is 0 Å². The van der Waals surface area contributed by atoms with E-state index in [1.807, 2.05) is 32.9 Å². The zero-order valence-electron chi connectivity index (χ0n) is 12.9. The predicted octanol–water partition coefficient (Wildman–Crippen LogP) is 3.91. The van der Waals surface area contributed by atoms with Gasteiger partial charge in [-0.25, -0.2) is 4.98 Å². The normalized spacial score (nSPS) is 11.8. The Morgan fingerprint density at radius 1 is 1.20 bits per heavy atom. The van der Waals surface area contributed by atoms with Crippen LogP contribution in [0.3, 0.4) is 0 Å². The van der Waals surface area contributed by atoms with Crippen molar-refractivity contribution in [2.45, 2.75) is 46.3 Å². The zero-order chi connectivity index (χ0) is 14.6. The van der Waals surface area contributed by atoms with Gasteiger partial charge in [0.15, 0.2) is 0 Å². The first-order chi connectivity index (χ1) is 9.49. The minimum atomic E-state index is -0.245. The Morgan fingerprint density at radius 2 is 1.95 bits per heavy atom. The lowest BCUT2D eigenvalue weighted by atomic mass is 10.1. The van der Waals surface area contributed by atoms with Gasteiger partial charge in [0, 0.05) is 11.9 Å². The van der Waals surface area contributed by atoms with Crippen LogP contribution < -0.4 is 10.1 Å². The fraction of sp³-hybridized carbons (Fsp3) is 0.471. The Kier molecular flexibility index (Phi) is 4.61. The molecule has 1 aromatic carbocycles. The quantitative estimate of drug-likeness (QED) is 0.838. The largest absolute Gasteiger partial charge is 0.471 e. The van der Waals surface area contributed by atoms with Crippen molar-refractivity contribution in [2.75, 3.05) is 6.54 Å². The summed E-state index contributed by atoms with van der Waals surface area (Å²) in [5, 5.41) is 5.64. The molecule has 0 bridgehead atoms. The molecular formula is C17H24N2O. The summed E-state index contributed by atoms with van der Waals surface area (Å²) < 4.78 is 6.02. The summed E-state index contributed by atoms with van der Waals surface area (Å²) in [5.41, 5.74) is 0.780. The number of rotatable bonds is 5. The third kappa shape index (κ3) is 3.94. The molecule has 0 aliphatic rings. The van der Waals surface area contributed by atoms with E-state index < -0.39 is 0 Å². The number of hydrogen-bond donors (Lipinski definition) is 1. The van der Waals surface area contributed by atoms with Crippen LogP contribution in [0.15, 0.2) is 30.3 Å². The molecule has 1 aromatic heterocycles. The van der Waals surface area contributed by atoms with Crippen LogP contribution in [0.5, 0.6) is 5.88 Å². The lowest BCUT2D eigenvalue weighted by Gasteiger charge is -2.22. The van der Waals surface area contributed by atoms with Gasteiger partial charge in [0.25, 0.3) is 0 Å². The summed E-state index contributed by atoms with van der Waals surface area (Å²) in [5.74, 6) is 0.726. The summed E-state index contributed by atoms with van der Waals surface area (Å²) in [6.45, 7) is 10.1. The fourth-order valence-corrected chi connectivity index (χ4v) is 2.07. The van der Waals surface area contributed by atoms with Crippen molar-refractivity contribution < 1.29 is 4.74 Å². The number of nitrogens with zero attached hydrogens (tertiary/aromatic N) is 1. The van der Waals surface area contributed by atoms with Crippen molar-refractivity contribution in [3.05, 3.63) is 36.0 Å². The Morgan fingerprint density at radius 3 is 2.65 bits per heavy atom. The van der Waals surface area contributed by atoms with Crippen molar-refractivity contribution in [1.29, 1.82) is 0 Å². The minimum absolute atomic E-state index is 0.245. The molecule has 0 atom stereocenters. The van der Waals surface area contributed by atoms with Crippen molar-refractivity contribution in [3.63, 3.8) is 0 Å². The minimum Gasteiger partial charge on any atom is -0.471 e. The topological polar surface area (TPSA) is 34.1 Å². The SMILES string of the molecule is CCCNCc1cc2ccccc2c(OC(C)(C)C)n1. The Hall–Kier alpha value is -1.61. The number of pyridine rings is 1. The smallest absolute Gasteiger partial charge is 0.222 e. The van der Waals surface area contributed by atoms with E-state index in [4.69, 9.17) is 4.74 Å². The number of nitrogens with one attached hydrogen (secondary N) is 1. The molecule has 1 N–H and O–H groups in total. The standard InChI is InChI=1S/C17H24N2O/c1-5-10-18-12-14-11-13-8-6-7-9-15(13)16(19-14)20-17(2,3)4/h6-9,11,18H,5,10,12H2,1-4H3. The van der Waals surface area contributed by atoms with Crippen LogP contribution in [0.1, 0.15) is 39.8 Å². The van der Waals surface area contributed by atoms with Crippen molar-refractivity contribution in [1.82, 2.24) is 10.3 Å². The molecule has 0 aliphatic heterocycles. The molecule has 2 aromatic rings. The van der Waals surface area contributed by atoms with Crippen LogP contribution in [0, 0.1) is 0 Å². The highest BCUT2D eigenvalue weighted by Gasteiger charge is 2.15. The van der Waals surface area contributed by atoms with Crippen LogP contribution in [0.4, 0.5) is 0 Å². The maximum absolute atomic E-state index is 6.02. The van der Waals surface area contributed by atoms with Gasteiger partial charge in [-0.05, 0) is 51.3 Å². The van der Waals surface area contributed by atoms with Gasteiger partial charge in [-0.1, -0.05) is 25.1 Å². The van der Waals surface area contributed by atoms with E-state index in [1.165, 1.54) is 5.39 Å². The van der Waals surface area contributed by atoms with Crippen LogP contribution in [0.2, 0.25) is 0 Å². The fourth-order valence-electron chi connectivity index (χ4n) is 2.07. The first-order valence-corrected chi connectivity index (χ1v) is 7.28. The van der Waals surface area contributed by atoms with Crippen LogP contribution in [-0.2, 0) is 6.54 Å². The molecular weight excluding hydrogens is 248 g/mol. The number of ether oxygens (including phenoxy) is 1. The average Bonchev–Trinajstić information content (AvgIpc) is 2.37. The molecule has 3 nitrogen and oxygen atoms in total. The number of aromatic nitrogens is 1. The maximum atomic E-state index is 6.02. The molecule has 2 rings (SSSR count). The second-order valence-corrected chi connectivity index (χ2v) is 6.03. The second kappa shape index (κ2) is 6.23. The Bertz CT molecular complexity index is 573. The summed E-state index contributed by atoms with van der Waals surface area (Å²) in [6, 6.07) is 10.4. The molecule has 3 heteroatoms. The molecule has 0 saturated heterocycles. The Labute approximate surface area is 121 Å². The van der Waals surface area contributed by atoms with Crippen molar-refractivity contribution >= 4 is 10.8 Å². The van der Waals surface area contributed by atoms with E-state index in [9.17, 15) is 0 Å². The van der Waals surface area contributed by atoms with Gasteiger partial charge in [0.2, 0.25) is 5.88 Å². The van der Waals surface area contributed by atoms with Gasteiger partial charge in [-0.3, -0.25) is 0 Å². The summed E-state index contributed by atoms with van der Waals surface area (Å²) in [7, 11) is 0. The lowest BCUT2D eigenvalue weighted by Crippen LogP contribution is -2.24. The first kappa shape index (κ1) is 14.8. The van der Waals surface area contributed by atoms with Gasteiger partial charge in [0.05, 0.1) is 5.69 Å². The van der Waals surface area contributed by atoms with Gasteiger partial charge in [-0.15, -0.1) is 0 Å². The van der Waals surface area contributed by atoms with Crippen LogP contribution >= 0.6 is 0 Å². The van der Waals surface area contributed by atoms with Crippen molar-refractivity contribution in [2.24, 2.45) is 0 Å². The molecule has 0 fully saturated rings. The lowest BCUT2D eigenvalue weighted by molar-refractivity contribution is 0.126. The summed E-state index contributed by atoms with van der Waals surface area (Å²) in [6.07, 6.45) is 1.12. The van der Waals surface area contributed by atoms with E-state index in [1.54, 1.807) is 0 Å². The zero-order valence-corrected chi connectivity index (χ0v) is 12.9. The molecule has 0 amide bonds. The molecule has 0 unspecified atom stereocenters. The van der Waals surface area contributed by atoms with E-state index in [-0.39, 0.29) is 5.60 Å². The first-order valence-electron chi connectivity index (χ1n) is 7.28. The molecule has 0 saturated carbocycles. The summed E-state index contributed by atoms with van der Waals surface area (Å²) >= 11 is 0.